The van der Waals surface area contributed by atoms with Crippen molar-refractivity contribution < 1.29 is 0 Å². The van der Waals surface area contributed by atoms with Crippen molar-refractivity contribution in [1.82, 2.24) is 0 Å². The van der Waals surface area contributed by atoms with Crippen LogP contribution in [-0.4, -0.2) is 6.71 Å². The number of fused-ring (bicyclic) bond motifs is 7. The molecule has 6 aromatic carbocycles. The molecule has 3 heterocycles. The smallest absolute Gasteiger partial charge is 0.264 e. The van der Waals surface area contributed by atoms with Gasteiger partial charge in [-0.15, -0.1) is 11.3 Å². The van der Waals surface area contributed by atoms with Gasteiger partial charge in [-0.3, -0.25) is 0 Å². The zero-order valence-corrected chi connectivity index (χ0v) is 48.5. The highest BCUT2D eigenvalue weighted by atomic mass is 32.1. The Morgan fingerprint density at radius 2 is 1.07 bits per heavy atom. The van der Waals surface area contributed by atoms with Gasteiger partial charge in [0.15, 0.2) is 0 Å². The monoisotopic (exact) mass is 983 g/mol. The Morgan fingerprint density at radius 1 is 0.521 bits per heavy atom. The van der Waals surface area contributed by atoms with Gasteiger partial charge in [0.25, 0.3) is 6.71 Å². The Balaban J connectivity index is 1.27. The molecule has 0 amide bonds. The molecule has 2 nitrogen and oxygen atoms in total. The second-order valence-corrected chi connectivity index (χ2v) is 29.6. The molecule has 4 aliphatic rings. The number of anilines is 6. The van der Waals surface area contributed by atoms with Gasteiger partial charge in [0.1, 0.15) is 0 Å². The number of hydrogen-bond acceptors (Lipinski definition) is 3. The summed E-state index contributed by atoms with van der Waals surface area (Å²) in [5, 5.41) is 1.42. The summed E-state index contributed by atoms with van der Waals surface area (Å²) < 4.78 is 2.90. The van der Waals surface area contributed by atoms with E-state index in [4.69, 9.17) is 0 Å². The molecular formula is C69H83BN2S. The average molecular weight is 983 g/mol. The summed E-state index contributed by atoms with van der Waals surface area (Å²) in [6.45, 7) is 40.9. The molecule has 11 rings (SSSR count). The maximum Gasteiger partial charge on any atom is 0.264 e. The third-order valence-electron chi connectivity index (χ3n) is 17.9. The fraction of sp³-hybridized carbons (Fsp3) is 0.449. The van der Waals surface area contributed by atoms with Crippen molar-refractivity contribution in [1.29, 1.82) is 0 Å². The quantitative estimate of drug-likeness (QED) is 0.162. The summed E-state index contributed by atoms with van der Waals surface area (Å²) in [7, 11) is 0. The van der Waals surface area contributed by atoms with E-state index in [2.05, 4.69) is 242 Å². The van der Waals surface area contributed by atoms with Crippen LogP contribution in [0.5, 0.6) is 0 Å². The van der Waals surface area contributed by atoms with Crippen LogP contribution in [-0.2, 0) is 32.5 Å². The largest absolute Gasteiger partial charge is 0.311 e. The molecule has 73 heavy (non-hydrogen) atoms. The predicted molar refractivity (Wildman–Crippen MR) is 322 cm³/mol. The summed E-state index contributed by atoms with van der Waals surface area (Å²) in [5.74, 6) is 0.543. The second-order valence-electron chi connectivity index (χ2n) is 28.5. The first-order chi connectivity index (χ1) is 34.1. The van der Waals surface area contributed by atoms with Crippen molar-refractivity contribution in [2.75, 3.05) is 9.80 Å². The van der Waals surface area contributed by atoms with Crippen LogP contribution in [0.4, 0.5) is 34.1 Å². The minimum atomic E-state index is -0.0375. The first kappa shape index (κ1) is 50.1. The summed E-state index contributed by atoms with van der Waals surface area (Å²) in [6, 6.07) is 42.5. The molecule has 0 atom stereocenters. The van der Waals surface area contributed by atoms with Crippen LogP contribution >= 0.6 is 11.3 Å². The normalized spacial score (nSPS) is 17.6. The number of benzene rings is 6. The highest BCUT2D eigenvalue weighted by Gasteiger charge is 2.48. The average Bonchev–Trinajstić information content (AvgIpc) is 3.69. The van der Waals surface area contributed by atoms with Gasteiger partial charge in [0.05, 0.1) is 11.4 Å². The molecule has 7 aromatic rings. The van der Waals surface area contributed by atoms with E-state index in [1.54, 1.807) is 5.56 Å². The van der Waals surface area contributed by atoms with Gasteiger partial charge in [-0.1, -0.05) is 185 Å². The molecule has 378 valence electrons. The first-order valence-electron chi connectivity index (χ1n) is 28.0. The first-order valence-corrected chi connectivity index (χ1v) is 28.8. The molecular weight excluding hydrogens is 900 g/mol. The predicted octanol–water partition coefficient (Wildman–Crippen LogP) is 18.5. The van der Waals surface area contributed by atoms with Crippen LogP contribution in [0.25, 0.3) is 21.2 Å². The molecule has 4 heteroatoms. The number of rotatable bonds is 4. The maximum absolute atomic E-state index is 2.80. The van der Waals surface area contributed by atoms with E-state index >= 15 is 0 Å². The Labute approximate surface area is 445 Å². The minimum Gasteiger partial charge on any atom is -0.311 e. The third-order valence-corrected chi connectivity index (χ3v) is 19.2. The van der Waals surface area contributed by atoms with Crippen molar-refractivity contribution in [2.45, 2.75) is 201 Å². The van der Waals surface area contributed by atoms with E-state index in [-0.39, 0.29) is 39.2 Å². The van der Waals surface area contributed by atoms with E-state index in [9.17, 15) is 0 Å². The third kappa shape index (κ3) is 8.44. The fourth-order valence-electron chi connectivity index (χ4n) is 13.2. The van der Waals surface area contributed by atoms with E-state index in [1.807, 2.05) is 0 Å². The number of aryl methyl sites for hydroxylation is 1. The van der Waals surface area contributed by atoms with E-state index in [0.29, 0.717) is 5.92 Å². The van der Waals surface area contributed by atoms with Gasteiger partial charge in [-0.2, -0.15) is 0 Å². The highest BCUT2D eigenvalue weighted by Crippen LogP contribution is 2.55. The Bertz CT molecular complexity index is 3310. The maximum atomic E-state index is 2.80. The van der Waals surface area contributed by atoms with E-state index < -0.39 is 0 Å². The highest BCUT2D eigenvalue weighted by molar-refractivity contribution is 7.33. The van der Waals surface area contributed by atoms with Gasteiger partial charge in [-0.05, 0) is 181 Å². The lowest BCUT2D eigenvalue weighted by molar-refractivity contribution is 0.332. The lowest BCUT2D eigenvalue weighted by Gasteiger charge is -2.45. The number of nitrogens with zero attached hydrogens (tertiary/aromatic N) is 2. The number of hydrogen-bond donors (Lipinski definition) is 0. The summed E-state index contributed by atoms with van der Waals surface area (Å²) in [5.41, 5.74) is 24.8. The molecule has 0 unspecified atom stereocenters. The van der Waals surface area contributed by atoms with Crippen LogP contribution < -0.4 is 25.5 Å². The van der Waals surface area contributed by atoms with E-state index in [1.165, 1.54) is 155 Å². The van der Waals surface area contributed by atoms with Crippen molar-refractivity contribution in [3.63, 3.8) is 0 Å². The molecule has 0 saturated heterocycles. The fourth-order valence-corrected chi connectivity index (χ4v) is 14.5. The second kappa shape index (κ2) is 17.0. The summed E-state index contributed by atoms with van der Waals surface area (Å²) in [6.07, 6.45) is 8.86. The van der Waals surface area contributed by atoms with Gasteiger partial charge in [-0.25, -0.2) is 0 Å². The van der Waals surface area contributed by atoms with Gasteiger partial charge in [0.2, 0.25) is 0 Å². The van der Waals surface area contributed by atoms with Crippen LogP contribution in [0.2, 0.25) is 0 Å². The topological polar surface area (TPSA) is 6.48 Å². The number of thiophene rings is 1. The van der Waals surface area contributed by atoms with E-state index in [0.717, 1.165) is 0 Å². The van der Waals surface area contributed by atoms with Crippen molar-refractivity contribution in [2.24, 2.45) is 0 Å². The molecule has 0 radical (unpaired) electrons. The Kier molecular flexibility index (Phi) is 11.7. The Hall–Kier alpha value is -5.06. The zero-order valence-electron chi connectivity index (χ0n) is 47.7. The summed E-state index contributed by atoms with van der Waals surface area (Å²) >= 11 is 2.08. The minimum absolute atomic E-state index is 0.0220. The van der Waals surface area contributed by atoms with Crippen molar-refractivity contribution >= 4 is 78.0 Å². The van der Waals surface area contributed by atoms with Gasteiger partial charge >= 0.3 is 0 Å². The lowest BCUT2D eigenvalue weighted by atomic mass is 9.36. The molecule has 1 saturated carbocycles. The van der Waals surface area contributed by atoms with Gasteiger partial charge in [0, 0.05) is 43.2 Å². The van der Waals surface area contributed by atoms with Crippen LogP contribution in [0.1, 0.15) is 206 Å². The molecule has 1 fully saturated rings. The molecule has 2 aliphatic heterocycles. The van der Waals surface area contributed by atoms with Crippen molar-refractivity contribution in [3.05, 3.63) is 148 Å². The standard InChI is InChI=1S/C69H83BN2S/c1-42-33-58-61-59(34-42)72(55-26-22-21-25-49(55)43-23-19-18-20-24-43)62-51-40-52-53(69(16,17)32-31-68(52,14)15)41-60(51)73-63(62)70(61)54-39-46(65(5,6)7)28-30-57(54)71(58)56-29-27-45(64(2,3)4)38-50(56)44-35-47(66(8,9)10)37-48(36-44)67(11,12)13/h21-22,25-30,33-41,43H,18-20,23-24,31-32H2,1-17H3. The van der Waals surface area contributed by atoms with Crippen LogP contribution in [0.15, 0.2) is 103 Å². The zero-order chi connectivity index (χ0) is 52.1. The van der Waals surface area contributed by atoms with Gasteiger partial charge < -0.3 is 9.80 Å². The van der Waals surface area contributed by atoms with Crippen molar-refractivity contribution in [3.8, 4) is 11.1 Å². The Morgan fingerprint density at radius 3 is 1.67 bits per heavy atom. The molecule has 0 bridgehead atoms. The molecule has 1 aromatic heterocycles. The SMILES string of the molecule is Cc1cc2c3c(c1)N(c1ccccc1C1CCCCC1)c1c(sc4cc5c(cc14)C(C)(C)CCC5(C)C)B3c1cc(C(C)(C)C)ccc1N2c1ccc(C(C)(C)C)cc1-c1cc(C(C)(C)C)cc(C(C)(C)C)c1. The van der Waals surface area contributed by atoms with Crippen LogP contribution in [0, 0.1) is 6.92 Å². The molecule has 0 spiro atoms. The number of para-hydroxylation sites is 1. The summed E-state index contributed by atoms with van der Waals surface area (Å²) in [4.78, 5) is 5.51. The van der Waals surface area contributed by atoms with Crippen LogP contribution in [0.3, 0.4) is 0 Å². The molecule has 2 aliphatic carbocycles. The molecule has 0 N–H and O–H groups in total. The lowest BCUT2D eigenvalue weighted by Crippen LogP contribution is -2.60.